The summed E-state index contributed by atoms with van der Waals surface area (Å²) in [6.07, 6.45) is 1.00. The van der Waals surface area contributed by atoms with Crippen LogP contribution < -0.4 is 0 Å². The number of ketones is 1. The molecule has 30 heavy (non-hydrogen) atoms. The summed E-state index contributed by atoms with van der Waals surface area (Å²) >= 11 is 3.53. The third-order valence-corrected chi connectivity index (χ3v) is 5.89. The molecular formula is C24H35BrO5. The zero-order chi connectivity index (χ0) is 23.3. The van der Waals surface area contributed by atoms with Crippen molar-refractivity contribution in [3.8, 4) is 0 Å². The minimum Gasteiger partial charge on any atom is -0.500 e. The number of rotatable bonds is 9. The van der Waals surface area contributed by atoms with E-state index in [0.29, 0.717) is 6.42 Å². The van der Waals surface area contributed by atoms with Crippen LogP contribution in [0.4, 0.5) is 0 Å². The maximum atomic E-state index is 13.3. The van der Waals surface area contributed by atoms with Crippen LogP contribution in [0.5, 0.6) is 0 Å². The van der Waals surface area contributed by atoms with Crippen molar-refractivity contribution in [2.45, 2.75) is 66.6 Å². The van der Waals surface area contributed by atoms with Crippen molar-refractivity contribution < 1.29 is 24.2 Å². The maximum absolute atomic E-state index is 13.3. The number of methoxy groups -OCH3 is 1. The van der Waals surface area contributed by atoms with E-state index < -0.39 is 29.0 Å². The topological polar surface area (TPSA) is 72.8 Å². The van der Waals surface area contributed by atoms with Gasteiger partial charge in [-0.2, -0.15) is 0 Å². The van der Waals surface area contributed by atoms with Crippen molar-refractivity contribution in [3.05, 3.63) is 46.1 Å². The first kappa shape index (κ1) is 26.4. The highest BCUT2D eigenvalue weighted by molar-refractivity contribution is 9.10. The van der Waals surface area contributed by atoms with Gasteiger partial charge in [0.1, 0.15) is 11.4 Å². The number of aliphatic hydroxyl groups excluding tert-OH is 1. The molecule has 0 saturated heterocycles. The number of carbonyl (C=O) groups is 2. The molecule has 6 heteroatoms. The van der Waals surface area contributed by atoms with Crippen molar-refractivity contribution in [3.63, 3.8) is 0 Å². The monoisotopic (exact) mass is 482 g/mol. The predicted molar refractivity (Wildman–Crippen MR) is 122 cm³/mol. The molecule has 0 fully saturated rings. The minimum absolute atomic E-state index is 0.140. The third kappa shape index (κ3) is 7.24. The van der Waals surface area contributed by atoms with Gasteiger partial charge in [-0.1, -0.05) is 48.0 Å². The van der Waals surface area contributed by atoms with Gasteiger partial charge in [-0.05, 0) is 58.6 Å². The molecule has 3 atom stereocenters. The number of benzene rings is 1. The Morgan fingerprint density at radius 3 is 2.20 bits per heavy atom. The van der Waals surface area contributed by atoms with Crippen molar-refractivity contribution in [1.82, 2.24) is 0 Å². The fraction of sp³-hybridized carbons (Fsp3) is 0.583. The molecular weight excluding hydrogens is 448 g/mol. The van der Waals surface area contributed by atoms with Crippen LogP contribution >= 0.6 is 15.9 Å². The maximum Gasteiger partial charge on any atom is 0.334 e. The second kappa shape index (κ2) is 10.6. The molecule has 168 valence electrons. The molecule has 0 amide bonds. The molecule has 0 saturated carbocycles. The van der Waals surface area contributed by atoms with Crippen LogP contribution in [0.1, 0.15) is 54.0 Å². The van der Waals surface area contributed by atoms with Crippen LogP contribution in [0.15, 0.2) is 40.6 Å². The average Bonchev–Trinajstić information content (AvgIpc) is 2.64. The van der Waals surface area contributed by atoms with Gasteiger partial charge in [-0.15, -0.1) is 0 Å². The lowest BCUT2D eigenvalue weighted by Crippen LogP contribution is -2.40. The van der Waals surface area contributed by atoms with Crippen molar-refractivity contribution in [2.24, 2.45) is 17.3 Å². The number of hydrogen-bond acceptors (Lipinski definition) is 5. The van der Waals surface area contributed by atoms with Gasteiger partial charge in [-0.3, -0.25) is 4.79 Å². The Morgan fingerprint density at radius 2 is 1.70 bits per heavy atom. The summed E-state index contributed by atoms with van der Waals surface area (Å²) in [6.45, 7) is 12.3. The molecule has 5 nitrogen and oxygen atoms in total. The first-order valence-electron chi connectivity index (χ1n) is 10.2. The molecule has 0 aliphatic heterocycles. The number of ether oxygens (including phenoxy) is 2. The average molecular weight is 483 g/mol. The largest absolute Gasteiger partial charge is 0.500 e. The van der Waals surface area contributed by atoms with Gasteiger partial charge in [0.2, 0.25) is 0 Å². The second-order valence-corrected chi connectivity index (χ2v) is 10.1. The van der Waals surface area contributed by atoms with Gasteiger partial charge >= 0.3 is 5.97 Å². The zero-order valence-corrected chi connectivity index (χ0v) is 20.9. The van der Waals surface area contributed by atoms with E-state index >= 15 is 0 Å². The number of Topliss-reactive ketones (excluding diaryl/α,β-unsaturated/α-hetero) is 1. The molecule has 0 aromatic heterocycles. The van der Waals surface area contributed by atoms with Crippen LogP contribution in [0.25, 0.3) is 0 Å². The lowest BCUT2D eigenvalue weighted by Gasteiger charge is -2.32. The molecule has 0 aliphatic carbocycles. The summed E-state index contributed by atoms with van der Waals surface area (Å²) in [7, 11) is 1.42. The predicted octanol–water partition coefficient (Wildman–Crippen LogP) is 5.09. The lowest BCUT2D eigenvalue weighted by atomic mass is 9.75. The fourth-order valence-electron chi connectivity index (χ4n) is 3.40. The normalized spacial score (nSPS) is 15.9. The molecule has 1 aromatic rings. The van der Waals surface area contributed by atoms with Crippen LogP contribution in [0, 0.1) is 17.3 Å². The van der Waals surface area contributed by atoms with Gasteiger partial charge < -0.3 is 14.6 Å². The Bertz CT molecular complexity index is 776. The lowest BCUT2D eigenvalue weighted by molar-refractivity contribution is -0.148. The molecule has 1 rings (SSSR count). The Hall–Kier alpha value is -1.66. The number of allylic oxidation sites excluding steroid dienone is 1. The fourth-order valence-corrected chi connectivity index (χ4v) is 3.85. The number of aliphatic hydroxyl groups is 1. The van der Waals surface area contributed by atoms with Gasteiger partial charge in [0.25, 0.3) is 0 Å². The third-order valence-electron chi connectivity index (χ3n) is 5.12. The Kier molecular flexibility index (Phi) is 9.30. The van der Waals surface area contributed by atoms with E-state index in [1.165, 1.54) is 13.2 Å². The number of hydrogen-bond donors (Lipinski definition) is 1. The molecule has 1 N–H and O–H groups in total. The molecule has 1 aromatic carbocycles. The van der Waals surface area contributed by atoms with Crippen LogP contribution in [0.3, 0.4) is 0 Å². The molecule has 0 spiro atoms. The molecule has 0 radical (unpaired) electrons. The molecule has 0 bridgehead atoms. The van der Waals surface area contributed by atoms with E-state index in [1.54, 1.807) is 41.5 Å². The Morgan fingerprint density at radius 1 is 1.13 bits per heavy atom. The number of halogens is 1. The Balaban J connectivity index is 2.98. The van der Waals surface area contributed by atoms with E-state index in [9.17, 15) is 14.7 Å². The first-order valence-corrected chi connectivity index (χ1v) is 10.9. The highest BCUT2D eigenvalue weighted by Crippen LogP contribution is 2.34. The summed E-state index contributed by atoms with van der Waals surface area (Å²) in [5, 5.41) is 10.9. The van der Waals surface area contributed by atoms with Gasteiger partial charge in [-0.25, -0.2) is 4.79 Å². The molecule has 0 heterocycles. The Labute approximate surface area is 189 Å². The van der Waals surface area contributed by atoms with Crippen molar-refractivity contribution in [2.75, 3.05) is 7.11 Å². The highest BCUT2D eigenvalue weighted by atomic mass is 79.9. The summed E-state index contributed by atoms with van der Waals surface area (Å²) in [5.74, 6) is -1.35. The van der Waals surface area contributed by atoms with Gasteiger partial charge in [0, 0.05) is 10.4 Å². The van der Waals surface area contributed by atoms with Gasteiger partial charge in [0.05, 0.1) is 24.7 Å². The standard InChI is InChI=1S/C24H35BrO5/c1-15(13-17-11-9-10-12-18(17)25)21(27)16(2)22(28)24(6,7)19(29-8)14-20(26)30-23(3,4)5/h9-12,14-16,21,27H,13H2,1-8H3/b19-14-/t15-,16-,21+/m1/s1. The second-order valence-electron chi connectivity index (χ2n) is 9.29. The molecule has 0 unspecified atom stereocenters. The minimum atomic E-state index is -1.10. The highest BCUT2D eigenvalue weighted by Gasteiger charge is 2.40. The number of esters is 1. The summed E-state index contributed by atoms with van der Waals surface area (Å²) < 4.78 is 11.7. The summed E-state index contributed by atoms with van der Waals surface area (Å²) in [6, 6.07) is 7.84. The summed E-state index contributed by atoms with van der Waals surface area (Å²) in [4.78, 5) is 25.5. The van der Waals surface area contributed by atoms with E-state index in [0.717, 1.165) is 10.0 Å². The van der Waals surface area contributed by atoms with E-state index in [-0.39, 0.29) is 17.5 Å². The van der Waals surface area contributed by atoms with Crippen LogP contribution in [-0.4, -0.2) is 35.7 Å². The van der Waals surface area contributed by atoms with Crippen molar-refractivity contribution >= 4 is 27.7 Å². The van der Waals surface area contributed by atoms with E-state index in [2.05, 4.69) is 15.9 Å². The first-order chi connectivity index (χ1) is 13.7. The van der Waals surface area contributed by atoms with Crippen LogP contribution in [-0.2, 0) is 25.5 Å². The summed E-state index contributed by atoms with van der Waals surface area (Å²) in [5.41, 5.74) is -0.671. The molecule has 0 aliphatic rings. The van der Waals surface area contributed by atoms with E-state index in [1.807, 2.05) is 31.2 Å². The zero-order valence-electron chi connectivity index (χ0n) is 19.3. The quantitative estimate of drug-likeness (QED) is 0.301. The SMILES string of the molecule is CO/C(=C\C(=O)OC(C)(C)C)C(C)(C)C(=O)[C@H](C)[C@@H](O)[C@H](C)Cc1ccccc1Br. The van der Waals surface area contributed by atoms with Crippen molar-refractivity contribution in [1.29, 1.82) is 0 Å². The van der Waals surface area contributed by atoms with E-state index in [4.69, 9.17) is 9.47 Å². The smallest absolute Gasteiger partial charge is 0.334 e. The number of carbonyl (C=O) groups excluding carboxylic acids is 2. The van der Waals surface area contributed by atoms with Crippen LogP contribution in [0.2, 0.25) is 0 Å². The van der Waals surface area contributed by atoms with Gasteiger partial charge in [0.15, 0.2) is 5.78 Å².